The molecular weight excluding hydrogens is 420 g/mol. The predicted octanol–water partition coefficient (Wildman–Crippen LogP) is 7.62. The number of isothiocyanates is 1. The van der Waals surface area contributed by atoms with E-state index < -0.39 is 17.3 Å². The zero-order valence-electron chi connectivity index (χ0n) is 17.9. The van der Waals surface area contributed by atoms with Crippen LogP contribution in [0.2, 0.25) is 0 Å². The first-order valence-electron chi connectivity index (χ1n) is 10.3. The third kappa shape index (κ3) is 5.99. The molecule has 3 aromatic rings. The number of nitrogens with zero attached hydrogens (tertiary/aromatic N) is 1. The first-order valence-corrected chi connectivity index (χ1v) is 10.7. The molecule has 0 radical (unpaired) electrons. The van der Waals surface area contributed by atoms with Crippen LogP contribution < -0.4 is 0 Å². The molecule has 0 aliphatic heterocycles. The molecule has 0 heterocycles. The van der Waals surface area contributed by atoms with E-state index >= 15 is 0 Å². The summed E-state index contributed by atoms with van der Waals surface area (Å²) in [4.78, 5) is 3.45. The van der Waals surface area contributed by atoms with Crippen LogP contribution in [0.25, 0.3) is 11.1 Å². The Morgan fingerprint density at radius 1 is 0.844 bits per heavy atom. The Morgan fingerprint density at radius 2 is 1.44 bits per heavy atom. The summed E-state index contributed by atoms with van der Waals surface area (Å²) in [7, 11) is 0. The van der Waals surface area contributed by atoms with Crippen LogP contribution >= 0.6 is 12.2 Å². The molecule has 0 amide bonds. The van der Waals surface area contributed by atoms with Crippen molar-refractivity contribution in [3.8, 4) is 34.8 Å². The highest BCUT2D eigenvalue weighted by molar-refractivity contribution is 7.78. The van der Waals surface area contributed by atoms with E-state index in [1.165, 1.54) is 12.1 Å². The number of aliphatic imine (C=N–C) groups is 1. The Bertz CT molecular complexity index is 1270. The van der Waals surface area contributed by atoms with Crippen molar-refractivity contribution in [2.24, 2.45) is 4.99 Å². The second-order valence-corrected chi connectivity index (χ2v) is 7.44. The summed E-state index contributed by atoms with van der Waals surface area (Å²) < 4.78 is 28.4. The Kier molecular flexibility index (Phi) is 8.07. The fourth-order valence-electron chi connectivity index (χ4n) is 3.15. The van der Waals surface area contributed by atoms with Gasteiger partial charge in [-0.15, -0.1) is 0 Å². The van der Waals surface area contributed by atoms with E-state index in [0.717, 1.165) is 47.1 Å². The molecule has 32 heavy (non-hydrogen) atoms. The minimum absolute atomic E-state index is 0.427. The minimum Gasteiger partial charge on any atom is -0.204 e. The van der Waals surface area contributed by atoms with Gasteiger partial charge in [0.05, 0.1) is 5.16 Å². The number of halogens is 2. The monoisotopic (exact) mass is 441 g/mol. The summed E-state index contributed by atoms with van der Waals surface area (Å²) in [6.45, 7) is 4.03. The maximum absolute atomic E-state index is 14.2. The van der Waals surface area contributed by atoms with Crippen LogP contribution in [0.1, 0.15) is 48.4 Å². The third-order valence-electron chi connectivity index (χ3n) is 4.84. The predicted molar refractivity (Wildman–Crippen MR) is 130 cm³/mol. The van der Waals surface area contributed by atoms with Gasteiger partial charge in [-0.1, -0.05) is 43.1 Å². The maximum Gasteiger partial charge on any atom is 0.153 e. The molecule has 0 spiro atoms. The van der Waals surface area contributed by atoms with Crippen molar-refractivity contribution in [1.82, 2.24) is 0 Å². The molecule has 0 saturated heterocycles. The van der Waals surface area contributed by atoms with E-state index in [1.54, 1.807) is 0 Å². The molecule has 0 aliphatic carbocycles. The van der Waals surface area contributed by atoms with Crippen LogP contribution in [0.3, 0.4) is 0 Å². The Labute approximate surface area is 193 Å². The van der Waals surface area contributed by atoms with Crippen molar-refractivity contribution >= 4 is 23.1 Å². The number of benzene rings is 3. The normalized spacial score (nSPS) is 9.75. The summed E-state index contributed by atoms with van der Waals surface area (Å²) in [6, 6.07) is 15.9. The fourth-order valence-corrected chi connectivity index (χ4v) is 3.24. The molecule has 3 aromatic carbocycles. The maximum atomic E-state index is 14.2. The summed E-state index contributed by atoms with van der Waals surface area (Å²) >= 11 is 4.44. The number of rotatable bonds is 4. The van der Waals surface area contributed by atoms with E-state index in [1.807, 2.05) is 54.5 Å². The van der Waals surface area contributed by atoms with Gasteiger partial charge in [0.1, 0.15) is 5.69 Å². The van der Waals surface area contributed by atoms with Crippen molar-refractivity contribution in [2.75, 3.05) is 0 Å². The number of thiocarbonyl (C=S) groups is 1. The lowest BCUT2D eigenvalue weighted by Crippen LogP contribution is -1.90. The van der Waals surface area contributed by atoms with Crippen LogP contribution in [0.15, 0.2) is 59.6 Å². The third-order valence-corrected chi connectivity index (χ3v) is 4.93. The largest absolute Gasteiger partial charge is 0.204 e. The first-order chi connectivity index (χ1) is 15.5. The smallest absolute Gasteiger partial charge is 0.153 e. The topological polar surface area (TPSA) is 12.4 Å². The van der Waals surface area contributed by atoms with E-state index in [-0.39, 0.29) is 0 Å². The summed E-state index contributed by atoms with van der Waals surface area (Å²) in [5.74, 6) is 11.1. The van der Waals surface area contributed by atoms with Gasteiger partial charge in [0, 0.05) is 23.1 Å². The fraction of sp³-hybridized carbons (Fsp3) is 0.179. The molecule has 0 fully saturated rings. The van der Waals surface area contributed by atoms with Gasteiger partial charge in [-0.3, -0.25) is 0 Å². The Morgan fingerprint density at radius 3 is 2.03 bits per heavy atom. The van der Waals surface area contributed by atoms with Crippen molar-refractivity contribution in [3.05, 3.63) is 88.5 Å². The molecule has 0 saturated carbocycles. The quantitative estimate of drug-likeness (QED) is 0.176. The van der Waals surface area contributed by atoms with Crippen LogP contribution in [0.4, 0.5) is 14.5 Å². The average Bonchev–Trinajstić information content (AvgIpc) is 2.78. The summed E-state index contributed by atoms with van der Waals surface area (Å²) in [5, 5.41) is 1.99. The minimum atomic E-state index is -0.779. The SMILES string of the molecule is CCCCC#Cc1ccc(C#Cc2ccc(-c3cc(F)c(N=C=S)c(F)c3)c(C)c2)cc1. The van der Waals surface area contributed by atoms with Gasteiger partial charge in [-0.25, -0.2) is 8.78 Å². The lowest BCUT2D eigenvalue weighted by atomic mass is 9.98. The van der Waals surface area contributed by atoms with Crippen LogP contribution in [0, 0.1) is 42.2 Å². The lowest BCUT2D eigenvalue weighted by molar-refractivity contribution is 0.588. The zero-order valence-corrected chi connectivity index (χ0v) is 18.7. The number of unbranched alkanes of at least 4 members (excludes halogenated alkanes) is 2. The molecule has 3 rings (SSSR count). The van der Waals surface area contributed by atoms with Crippen molar-refractivity contribution in [2.45, 2.75) is 33.1 Å². The highest BCUT2D eigenvalue weighted by atomic mass is 32.1. The number of hydrogen-bond donors (Lipinski definition) is 0. The number of hydrogen-bond acceptors (Lipinski definition) is 2. The molecule has 0 bridgehead atoms. The van der Waals surface area contributed by atoms with Gasteiger partial charge in [-0.05, 0) is 90.8 Å². The molecule has 0 atom stereocenters. The first kappa shape index (κ1) is 23.1. The van der Waals surface area contributed by atoms with Gasteiger partial charge in [0.15, 0.2) is 11.6 Å². The van der Waals surface area contributed by atoms with E-state index in [0.29, 0.717) is 5.56 Å². The highest BCUT2D eigenvalue weighted by Gasteiger charge is 2.12. The molecule has 0 aromatic heterocycles. The molecule has 158 valence electrons. The van der Waals surface area contributed by atoms with E-state index in [4.69, 9.17) is 0 Å². The van der Waals surface area contributed by atoms with Gasteiger partial charge in [0.2, 0.25) is 0 Å². The van der Waals surface area contributed by atoms with Gasteiger partial charge in [-0.2, -0.15) is 4.99 Å². The standard InChI is InChI=1S/C28H21F2NS/c1-3-4-5-6-7-21-8-10-22(11-9-21)12-13-23-14-15-25(20(2)16-23)24-17-26(29)28(31-19-32)27(30)18-24/h8-11,14-18H,3-5H2,1-2H3. The molecule has 0 aliphatic rings. The summed E-state index contributed by atoms with van der Waals surface area (Å²) in [5.41, 5.74) is 4.27. The molecule has 0 N–H and O–H groups in total. The Hall–Kier alpha value is -3.56. The average molecular weight is 442 g/mol. The molecule has 1 nitrogen and oxygen atoms in total. The van der Waals surface area contributed by atoms with Crippen LogP contribution in [-0.4, -0.2) is 5.16 Å². The van der Waals surface area contributed by atoms with E-state index in [9.17, 15) is 8.78 Å². The highest BCUT2D eigenvalue weighted by Crippen LogP contribution is 2.31. The van der Waals surface area contributed by atoms with E-state index in [2.05, 4.69) is 47.8 Å². The van der Waals surface area contributed by atoms with Crippen LogP contribution in [0.5, 0.6) is 0 Å². The van der Waals surface area contributed by atoms with Crippen molar-refractivity contribution < 1.29 is 8.78 Å². The summed E-state index contributed by atoms with van der Waals surface area (Å²) in [6.07, 6.45) is 3.18. The van der Waals surface area contributed by atoms with Gasteiger partial charge in [0.25, 0.3) is 0 Å². The molecule has 4 heteroatoms. The number of aryl methyl sites for hydroxylation is 1. The Balaban J connectivity index is 1.79. The van der Waals surface area contributed by atoms with Crippen LogP contribution in [-0.2, 0) is 0 Å². The second kappa shape index (κ2) is 11.2. The molecular formula is C28H21F2NS. The van der Waals surface area contributed by atoms with Gasteiger partial charge >= 0.3 is 0 Å². The second-order valence-electron chi connectivity index (χ2n) is 7.25. The lowest BCUT2D eigenvalue weighted by Gasteiger charge is -2.08. The van der Waals surface area contributed by atoms with Crippen molar-refractivity contribution in [1.29, 1.82) is 0 Å². The van der Waals surface area contributed by atoms with Crippen molar-refractivity contribution in [3.63, 3.8) is 0 Å². The molecule has 0 unspecified atom stereocenters. The van der Waals surface area contributed by atoms with Gasteiger partial charge < -0.3 is 0 Å². The zero-order chi connectivity index (χ0) is 22.9.